The molecule has 0 aliphatic carbocycles. The molecule has 1 unspecified atom stereocenters. The fourth-order valence-electron chi connectivity index (χ4n) is 0.830. The molecule has 0 aromatic carbocycles. The van der Waals surface area contributed by atoms with Crippen molar-refractivity contribution in [2.45, 2.75) is 13.1 Å². The van der Waals surface area contributed by atoms with Gasteiger partial charge in [-0.25, -0.2) is 0 Å². The normalized spacial score (nSPS) is 13.7. The van der Waals surface area contributed by atoms with E-state index in [0.717, 1.165) is 5.30 Å². The van der Waals surface area contributed by atoms with Gasteiger partial charge in [-0.1, -0.05) is 0 Å². The lowest BCUT2D eigenvalue weighted by Crippen LogP contribution is -2.01. The molecule has 0 N–H and O–H groups in total. The zero-order chi connectivity index (χ0) is 8.65. The Morgan fingerprint density at radius 3 is 2.09 bits per heavy atom. The van der Waals surface area contributed by atoms with Gasteiger partial charge < -0.3 is 0 Å². The van der Waals surface area contributed by atoms with E-state index in [2.05, 4.69) is 0 Å². The summed E-state index contributed by atoms with van der Waals surface area (Å²) >= 11 is 0. The van der Waals surface area contributed by atoms with Crippen LogP contribution in [0.1, 0.15) is 10.9 Å². The summed E-state index contributed by atoms with van der Waals surface area (Å²) in [6.45, 7) is 3.56. The number of aryl methyl sites for hydroxylation is 2. The summed E-state index contributed by atoms with van der Waals surface area (Å²) < 4.78 is 36.0. The van der Waals surface area contributed by atoms with Crippen LogP contribution < -0.4 is 0 Å². The molecule has 1 heterocycles. The molecule has 1 rings (SSSR count). The second kappa shape index (κ2) is 2.56. The lowest BCUT2D eigenvalue weighted by Gasteiger charge is -2.00. The van der Waals surface area contributed by atoms with E-state index in [-0.39, 0.29) is 0 Å². The Kier molecular flexibility index (Phi) is 2.02. The summed E-state index contributed by atoms with van der Waals surface area (Å²) in [6, 6.07) is 1.23. The minimum atomic E-state index is -4.16. The summed E-state index contributed by atoms with van der Waals surface area (Å²) in [5, 5.41) is 0.840. The van der Waals surface area contributed by atoms with Gasteiger partial charge in [-0.3, -0.25) is 0 Å². The minimum Gasteiger partial charge on any atom is -0.166 e. The topological polar surface area (TPSA) is 0 Å². The molecule has 0 aliphatic rings. The first-order chi connectivity index (χ1) is 4.91. The van der Waals surface area contributed by atoms with Crippen molar-refractivity contribution >= 4 is 7.53 Å². The van der Waals surface area contributed by atoms with Crippen LogP contribution in [0.25, 0.3) is 0 Å². The van der Waals surface area contributed by atoms with Crippen LogP contribution in [0.2, 0.25) is 0 Å². The van der Waals surface area contributed by atoms with Crippen LogP contribution in [0.5, 0.6) is 0 Å². The summed E-state index contributed by atoms with van der Waals surface area (Å²) in [7, 11) is -0.651. The van der Waals surface area contributed by atoms with Crippen molar-refractivity contribution in [3.63, 3.8) is 0 Å². The van der Waals surface area contributed by atoms with Crippen LogP contribution >= 0.6 is 7.53 Å². The predicted molar refractivity (Wildman–Crippen MR) is 39.9 cm³/mol. The van der Waals surface area contributed by atoms with Gasteiger partial charge in [0.1, 0.15) is 0 Å². The quantitative estimate of drug-likeness (QED) is 0.572. The number of hydrogen-bond acceptors (Lipinski definition) is 0. The molecule has 0 nitrogen and oxygen atoms in total. The second-order valence-corrected chi connectivity index (χ2v) is 4.66. The molecule has 0 saturated carbocycles. The number of alkyl halides is 3. The van der Waals surface area contributed by atoms with Crippen molar-refractivity contribution in [2.75, 3.05) is 0 Å². The van der Waals surface area contributed by atoms with E-state index in [4.69, 9.17) is 0 Å². The highest BCUT2D eigenvalue weighted by atomic mass is 31.1. The first-order valence-electron chi connectivity index (χ1n) is 3.11. The van der Waals surface area contributed by atoms with Crippen molar-refractivity contribution in [1.82, 2.24) is 0 Å². The first-order valence-corrected chi connectivity index (χ1v) is 4.97. The first kappa shape index (κ1) is 8.66. The van der Waals surface area contributed by atoms with E-state index < -0.39 is 19.3 Å². The standard InChI is InChI=1S/C7H8F3P/c1-5-3-6(4-11(5)2)7(8,9)10/h3-4H,1-2H3. The van der Waals surface area contributed by atoms with E-state index in [1.807, 2.05) is 6.66 Å². The summed E-state index contributed by atoms with van der Waals surface area (Å²) in [6.07, 6.45) is -4.16. The Morgan fingerprint density at radius 2 is 1.91 bits per heavy atom. The Bertz CT molecular complexity index is 240. The average Bonchev–Trinajstić information content (AvgIpc) is 2.11. The van der Waals surface area contributed by atoms with Gasteiger partial charge in [0.05, 0.1) is 5.56 Å². The molecule has 1 aromatic heterocycles. The molecule has 1 atom stereocenters. The maximum Gasteiger partial charge on any atom is 0.416 e. The molecule has 0 saturated heterocycles. The molecule has 0 aliphatic heterocycles. The van der Waals surface area contributed by atoms with E-state index >= 15 is 0 Å². The lowest BCUT2D eigenvalue weighted by atomic mass is 10.3. The van der Waals surface area contributed by atoms with E-state index in [9.17, 15) is 13.2 Å². The Morgan fingerprint density at radius 1 is 1.36 bits per heavy atom. The number of rotatable bonds is 0. The van der Waals surface area contributed by atoms with Gasteiger partial charge in [0.2, 0.25) is 0 Å². The molecule has 0 spiro atoms. The van der Waals surface area contributed by atoms with Gasteiger partial charge in [-0.05, 0) is 30.7 Å². The maximum absolute atomic E-state index is 12.0. The van der Waals surface area contributed by atoms with E-state index in [0.29, 0.717) is 0 Å². The van der Waals surface area contributed by atoms with Crippen LogP contribution in [0.4, 0.5) is 13.2 Å². The zero-order valence-corrected chi connectivity index (χ0v) is 7.13. The van der Waals surface area contributed by atoms with E-state index in [1.165, 1.54) is 11.9 Å². The third kappa shape index (κ3) is 1.78. The fourth-order valence-corrected chi connectivity index (χ4v) is 2.01. The highest BCUT2D eigenvalue weighted by molar-refractivity contribution is 7.48. The molecule has 11 heavy (non-hydrogen) atoms. The molecule has 0 bridgehead atoms. The van der Waals surface area contributed by atoms with Crippen molar-refractivity contribution in [3.8, 4) is 0 Å². The van der Waals surface area contributed by atoms with Crippen molar-refractivity contribution in [3.05, 3.63) is 22.7 Å². The van der Waals surface area contributed by atoms with Crippen molar-refractivity contribution in [2.24, 2.45) is 6.66 Å². The monoisotopic (exact) mass is 180 g/mol. The highest BCUT2D eigenvalue weighted by Crippen LogP contribution is 2.39. The molecule has 0 fully saturated rings. The predicted octanol–water partition coefficient (Wildman–Crippen LogP) is 3.54. The van der Waals surface area contributed by atoms with Gasteiger partial charge in [-0.2, -0.15) is 13.2 Å². The smallest absolute Gasteiger partial charge is 0.166 e. The molecule has 1 aromatic rings. The molecule has 62 valence electrons. The van der Waals surface area contributed by atoms with Gasteiger partial charge in [0, 0.05) is 0 Å². The number of hydrogen-bond donors (Lipinski definition) is 0. The Hall–Kier alpha value is -0.430. The summed E-state index contributed by atoms with van der Waals surface area (Å²) in [5.74, 6) is 1.31. The lowest BCUT2D eigenvalue weighted by molar-refractivity contribution is -0.137. The molecular formula is C7H8F3P. The van der Waals surface area contributed by atoms with Gasteiger partial charge in [-0.15, -0.1) is 7.53 Å². The van der Waals surface area contributed by atoms with Crippen molar-refractivity contribution in [1.29, 1.82) is 0 Å². The average molecular weight is 180 g/mol. The second-order valence-electron chi connectivity index (χ2n) is 2.48. The van der Waals surface area contributed by atoms with Crippen LogP contribution in [-0.4, -0.2) is 0 Å². The van der Waals surface area contributed by atoms with Crippen LogP contribution in [-0.2, 0) is 12.8 Å². The van der Waals surface area contributed by atoms with Crippen LogP contribution in [0.15, 0.2) is 11.9 Å². The zero-order valence-electron chi connectivity index (χ0n) is 6.24. The Labute approximate surface area is 64.1 Å². The molecule has 0 amide bonds. The van der Waals surface area contributed by atoms with Gasteiger partial charge in [0.25, 0.3) is 0 Å². The van der Waals surface area contributed by atoms with Gasteiger partial charge >= 0.3 is 6.18 Å². The third-order valence-electron chi connectivity index (χ3n) is 1.58. The molecule has 0 radical (unpaired) electrons. The Balaban J connectivity index is 3.08. The largest absolute Gasteiger partial charge is 0.416 e. The van der Waals surface area contributed by atoms with Gasteiger partial charge in [0.15, 0.2) is 0 Å². The van der Waals surface area contributed by atoms with Crippen LogP contribution in [0.3, 0.4) is 0 Å². The third-order valence-corrected chi connectivity index (χ3v) is 3.49. The van der Waals surface area contributed by atoms with Crippen LogP contribution in [0, 0.1) is 6.92 Å². The summed E-state index contributed by atoms with van der Waals surface area (Å²) in [5.41, 5.74) is -0.483. The minimum absolute atomic E-state index is 0.483. The SMILES string of the molecule is Cc1cc(C(F)(F)F)cp1C. The molecule has 4 heteroatoms. The maximum atomic E-state index is 12.0. The number of halogens is 3. The van der Waals surface area contributed by atoms with E-state index in [1.54, 1.807) is 6.92 Å². The van der Waals surface area contributed by atoms with Crippen molar-refractivity contribution < 1.29 is 13.2 Å². The fraction of sp³-hybridized carbons (Fsp3) is 0.429. The highest BCUT2D eigenvalue weighted by Gasteiger charge is 2.31. The summed E-state index contributed by atoms with van der Waals surface area (Å²) in [4.78, 5) is 0. The molecular weight excluding hydrogens is 172 g/mol.